The van der Waals surface area contributed by atoms with Crippen LogP contribution in [0.25, 0.3) is 0 Å². The maximum absolute atomic E-state index is 5.71. The zero-order valence-electron chi connectivity index (χ0n) is 9.27. The SMILES string of the molecule is Cc1cccc(NCc2cccc(N)c2)n1. The molecule has 1 aromatic heterocycles. The molecule has 0 aliphatic heterocycles. The molecule has 16 heavy (non-hydrogen) atoms. The third kappa shape index (κ3) is 2.73. The van der Waals surface area contributed by atoms with Crippen molar-refractivity contribution in [1.29, 1.82) is 0 Å². The molecule has 82 valence electrons. The Kier molecular flexibility index (Phi) is 3.05. The van der Waals surface area contributed by atoms with Gasteiger partial charge in [-0.2, -0.15) is 0 Å². The molecule has 0 aliphatic rings. The Morgan fingerprint density at radius 1 is 1.19 bits per heavy atom. The van der Waals surface area contributed by atoms with Crippen LogP contribution in [0.2, 0.25) is 0 Å². The van der Waals surface area contributed by atoms with Crippen LogP contribution >= 0.6 is 0 Å². The van der Waals surface area contributed by atoms with Gasteiger partial charge in [-0.15, -0.1) is 0 Å². The lowest BCUT2D eigenvalue weighted by Crippen LogP contribution is -2.02. The molecule has 0 amide bonds. The van der Waals surface area contributed by atoms with E-state index in [4.69, 9.17) is 5.73 Å². The average molecular weight is 213 g/mol. The van der Waals surface area contributed by atoms with E-state index < -0.39 is 0 Å². The normalized spacial score (nSPS) is 10.1. The second kappa shape index (κ2) is 4.66. The van der Waals surface area contributed by atoms with Crippen molar-refractivity contribution in [2.24, 2.45) is 0 Å². The van der Waals surface area contributed by atoms with Crippen LogP contribution in [0, 0.1) is 6.92 Å². The molecule has 3 heteroatoms. The van der Waals surface area contributed by atoms with Crippen molar-refractivity contribution in [2.45, 2.75) is 13.5 Å². The predicted octanol–water partition coefficient (Wildman–Crippen LogP) is 2.58. The van der Waals surface area contributed by atoms with Crippen molar-refractivity contribution in [1.82, 2.24) is 4.98 Å². The van der Waals surface area contributed by atoms with Gasteiger partial charge in [0.05, 0.1) is 0 Å². The number of nitrogens with two attached hydrogens (primary N) is 1. The third-order valence-corrected chi connectivity index (χ3v) is 2.31. The highest BCUT2D eigenvalue weighted by Gasteiger charge is 1.95. The maximum atomic E-state index is 5.71. The summed E-state index contributed by atoms with van der Waals surface area (Å²) < 4.78 is 0. The zero-order chi connectivity index (χ0) is 11.4. The van der Waals surface area contributed by atoms with E-state index >= 15 is 0 Å². The number of pyridine rings is 1. The van der Waals surface area contributed by atoms with Crippen molar-refractivity contribution in [3.63, 3.8) is 0 Å². The summed E-state index contributed by atoms with van der Waals surface area (Å²) in [6.07, 6.45) is 0. The summed E-state index contributed by atoms with van der Waals surface area (Å²) >= 11 is 0. The van der Waals surface area contributed by atoms with Crippen LogP contribution in [-0.4, -0.2) is 4.98 Å². The first-order chi connectivity index (χ1) is 7.74. The van der Waals surface area contributed by atoms with Gasteiger partial charge in [0.2, 0.25) is 0 Å². The summed E-state index contributed by atoms with van der Waals surface area (Å²) in [6.45, 7) is 2.72. The van der Waals surface area contributed by atoms with Gasteiger partial charge >= 0.3 is 0 Å². The van der Waals surface area contributed by atoms with Crippen LogP contribution in [0.1, 0.15) is 11.3 Å². The number of aromatic nitrogens is 1. The molecule has 0 unspecified atom stereocenters. The first kappa shape index (κ1) is 10.5. The molecule has 3 N–H and O–H groups in total. The van der Waals surface area contributed by atoms with Gasteiger partial charge in [-0.25, -0.2) is 4.98 Å². The van der Waals surface area contributed by atoms with Gasteiger partial charge in [0, 0.05) is 17.9 Å². The van der Waals surface area contributed by atoms with E-state index in [2.05, 4.69) is 10.3 Å². The fourth-order valence-electron chi connectivity index (χ4n) is 1.54. The molecule has 1 heterocycles. The maximum Gasteiger partial charge on any atom is 0.126 e. The summed E-state index contributed by atoms with van der Waals surface area (Å²) in [5.41, 5.74) is 8.66. The molecule has 0 bridgehead atoms. The Bertz CT molecular complexity index is 435. The van der Waals surface area contributed by atoms with Gasteiger partial charge in [0.1, 0.15) is 5.82 Å². The minimum absolute atomic E-state index is 0.738. The van der Waals surface area contributed by atoms with Crippen LogP contribution in [0.5, 0.6) is 0 Å². The number of hydrogen-bond donors (Lipinski definition) is 2. The van der Waals surface area contributed by atoms with Crippen LogP contribution in [0.15, 0.2) is 42.5 Å². The van der Waals surface area contributed by atoms with E-state index in [1.807, 2.05) is 49.4 Å². The molecule has 0 atom stereocenters. The van der Waals surface area contributed by atoms with Crippen molar-refractivity contribution in [2.75, 3.05) is 11.1 Å². The van der Waals surface area contributed by atoms with Crippen LogP contribution in [-0.2, 0) is 6.54 Å². The zero-order valence-corrected chi connectivity index (χ0v) is 9.27. The second-order valence-corrected chi connectivity index (χ2v) is 3.76. The average Bonchev–Trinajstić information content (AvgIpc) is 2.27. The number of hydrogen-bond acceptors (Lipinski definition) is 3. The fourth-order valence-corrected chi connectivity index (χ4v) is 1.54. The Morgan fingerprint density at radius 2 is 2.00 bits per heavy atom. The highest BCUT2D eigenvalue weighted by molar-refractivity contribution is 5.42. The summed E-state index contributed by atoms with van der Waals surface area (Å²) in [7, 11) is 0. The van der Waals surface area contributed by atoms with E-state index in [1.54, 1.807) is 0 Å². The lowest BCUT2D eigenvalue weighted by molar-refractivity contribution is 1.09. The van der Waals surface area contributed by atoms with Gasteiger partial charge in [0.15, 0.2) is 0 Å². The number of nitrogen functional groups attached to an aromatic ring is 1. The first-order valence-electron chi connectivity index (χ1n) is 5.26. The highest BCUT2D eigenvalue weighted by Crippen LogP contribution is 2.09. The van der Waals surface area contributed by atoms with Gasteiger partial charge in [-0.3, -0.25) is 0 Å². The quantitative estimate of drug-likeness (QED) is 0.770. The molecule has 0 aliphatic carbocycles. The molecule has 0 spiro atoms. The monoisotopic (exact) mass is 213 g/mol. The smallest absolute Gasteiger partial charge is 0.126 e. The number of rotatable bonds is 3. The third-order valence-electron chi connectivity index (χ3n) is 2.31. The molecule has 2 aromatic rings. The van der Waals surface area contributed by atoms with Gasteiger partial charge in [-0.1, -0.05) is 18.2 Å². The first-order valence-corrected chi connectivity index (χ1v) is 5.26. The summed E-state index contributed by atoms with van der Waals surface area (Å²) in [5.74, 6) is 0.891. The molecule has 3 nitrogen and oxygen atoms in total. The van der Waals surface area contributed by atoms with Crippen molar-refractivity contribution < 1.29 is 0 Å². The predicted molar refractivity (Wildman–Crippen MR) is 67.2 cm³/mol. The minimum atomic E-state index is 0.738. The summed E-state index contributed by atoms with van der Waals surface area (Å²) in [6, 6.07) is 13.8. The van der Waals surface area contributed by atoms with Crippen molar-refractivity contribution in [3.05, 3.63) is 53.7 Å². The Balaban J connectivity index is 2.02. The Hall–Kier alpha value is -2.03. The molecule has 2 rings (SSSR count). The summed E-state index contributed by atoms with van der Waals surface area (Å²) in [4.78, 5) is 4.37. The topological polar surface area (TPSA) is 50.9 Å². The van der Waals surface area contributed by atoms with E-state index in [9.17, 15) is 0 Å². The number of nitrogens with zero attached hydrogens (tertiary/aromatic N) is 1. The van der Waals surface area contributed by atoms with Gasteiger partial charge < -0.3 is 11.1 Å². The van der Waals surface area contributed by atoms with Crippen molar-refractivity contribution in [3.8, 4) is 0 Å². The van der Waals surface area contributed by atoms with E-state index in [-0.39, 0.29) is 0 Å². The highest BCUT2D eigenvalue weighted by atomic mass is 15.0. The molecule has 0 saturated carbocycles. The number of nitrogens with one attached hydrogen (secondary N) is 1. The van der Waals surface area contributed by atoms with Gasteiger partial charge in [0.25, 0.3) is 0 Å². The number of aryl methyl sites for hydroxylation is 1. The standard InChI is InChI=1S/C13H15N3/c1-10-4-2-7-13(16-10)15-9-11-5-3-6-12(14)8-11/h2-8H,9,14H2,1H3,(H,15,16). The fraction of sp³-hybridized carbons (Fsp3) is 0.154. The second-order valence-electron chi connectivity index (χ2n) is 3.76. The van der Waals surface area contributed by atoms with Gasteiger partial charge in [-0.05, 0) is 36.8 Å². The lowest BCUT2D eigenvalue weighted by atomic mass is 10.2. The molecule has 0 saturated heterocycles. The number of benzene rings is 1. The van der Waals surface area contributed by atoms with Crippen molar-refractivity contribution >= 4 is 11.5 Å². The van der Waals surface area contributed by atoms with Crippen LogP contribution in [0.4, 0.5) is 11.5 Å². The molecule has 0 fully saturated rings. The largest absolute Gasteiger partial charge is 0.399 e. The van der Waals surface area contributed by atoms with E-state index in [1.165, 1.54) is 0 Å². The van der Waals surface area contributed by atoms with Crippen LogP contribution in [0.3, 0.4) is 0 Å². The minimum Gasteiger partial charge on any atom is -0.399 e. The summed E-state index contributed by atoms with van der Waals surface area (Å²) in [5, 5.41) is 3.26. The van der Waals surface area contributed by atoms with Crippen LogP contribution < -0.4 is 11.1 Å². The Morgan fingerprint density at radius 3 is 2.75 bits per heavy atom. The molecule has 1 aromatic carbocycles. The number of anilines is 2. The van der Waals surface area contributed by atoms with E-state index in [0.29, 0.717) is 0 Å². The molecule has 0 radical (unpaired) electrons. The molecular formula is C13H15N3. The van der Waals surface area contributed by atoms with E-state index in [0.717, 1.165) is 29.3 Å². The molecular weight excluding hydrogens is 198 g/mol. The lowest BCUT2D eigenvalue weighted by Gasteiger charge is -2.06. The Labute approximate surface area is 95.3 Å².